The third-order valence-corrected chi connectivity index (χ3v) is 4.30. The van der Waals surface area contributed by atoms with E-state index in [1.54, 1.807) is 0 Å². The van der Waals surface area contributed by atoms with Crippen molar-refractivity contribution in [2.45, 2.75) is 52.7 Å². The lowest BCUT2D eigenvalue weighted by Crippen LogP contribution is -2.39. The minimum atomic E-state index is 0.277. The normalized spacial score (nSPS) is 13.2. The lowest BCUT2D eigenvalue weighted by molar-refractivity contribution is 0.141. The largest absolute Gasteiger partial charge is 0.492 e. The van der Waals surface area contributed by atoms with Crippen LogP contribution in [-0.4, -0.2) is 37.2 Å². The second-order valence-electron chi connectivity index (χ2n) is 5.97. The Balaban J connectivity index is 2.72. The number of hydrogen-bond acceptors (Lipinski definition) is 3. The van der Waals surface area contributed by atoms with Crippen LogP contribution in [0, 0.1) is 0 Å². The maximum absolute atomic E-state index is 6.06. The number of rotatable bonds is 8. The van der Waals surface area contributed by atoms with E-state index >= 15 is 0 Å². The van der Waals surface area contributed by atoms with Crippen LogP contribution in [0.4, 0.5) is 0 Å². The van der Waals surface area contributed by atoms with Crippen molar-refractivity contribution in [1.29, 1.82) is 0 Å². The molecular formula is C17H29BrN2O. The summed E-state index contributed by atoms with van der Waals surface area (Å²) in [4.78, 5) is 2.44. The van der Waals surface area contributed by atoms with Crippen LogP contribution in [0.1, 0.15) is 46.2 Å². The van der Waals surface area contributed by atoms with Crippen molar-refractivity contribution in [1.82, 2.24) is 10.2 Å². The monoisotopic (exact) mass is 356 g/mol. The first-order valence-corrected chi connectivity index (χ1v) is 8.51. The molecule has 21 heavy (non-hydrogen) atoms. The van der Waals surface area contributed by atoms with Gasteiger partial charge in [-0.15, -0.1) is 0 Å². The van der Waals surface area contributed by atoms with E-state index in [0.717, 1.165) is 16.8 Å². The van der Waals surface area contributed by atoms with Crippen LogP contribution in [0.2, 0.25) is 0 Å². The number of nitrogens with one attached hydrogen (secondary N) is 1. The van der Waals surface area contributed by atoms with Crippen LogP contribution in [0.15, 0.2) is 22.7 Å². The van der Waals surface area contributed by atoms with E-state index in [1.807, 2.05) is 7.05 Å². The first kappa shape index (κ1) is 18.5. The Morgan fingerprint density at radius 2 is 1.76 bits per heavy atom. The number of benzene rings is 1. The van der Waals surface area contributed by atoms with Gasteiger partial charge in [-0.3, -0.25) is 4.90 Å². The van der Waals surface area contributed by atoms with E-state index in [1.165, 1.54) is 5.56 Å². The molecule has 0 fully saturated rings. The summed E-state index contributed by atoms with van der Waals surface area (Å²) in [6.45, 7) is 12.7. The standard InChI is InChI=1S/C17H29BrN2O/c1-12(2)20(13(3)4)9-10-21-17-11-15(18)7-8-16(17)14(5)19-6/h7-8,11-14,19H,9-10H2,1-6H3. The molecule has 0 amide bonds. The van der Waals surface area contributed by atoms with Crippen molar-refractivity contribution < 1.29 is 4.74 Å². The van der Waals surface area contributed by atoms with Crippen LogP contribution >= 0.6 is 15.9 Å². The van der Waals surface area contributed by atoms with E-state index in [0.29, 0.717) is 18.7 Å². The van der Waals surface area contributed by atoms with Gasteiger partial charge < -0.3 is 10.1 Å². The summed E-state index contributed by atoms with van der Waals surface area (Å²) in [7, 11) is 1.97. The van der Waals surface area contributed by atoms with Crippen LogP contribution < -0.4 is 10.1 Å². The van der Waals surface area contributed by atoms with Gasteiger partial charge in [0.2, 0.25) is 0 Å². The molecule has 1 aromatic rings. The first-order chi connectivity index (χ1) is 9.86. The van der Waals surface area contributed by atoms with Gasteiger partial charge in [0.1, 0.15) is 12.4 Å². The second-order valence-corrected chi connectivity index (χ2v) is 6.88. The number of halogens is 1. The zero-order chi connectivity index (χ0) is 16.0. The molecule has 0 aliphatic rings. The minimum Gasteiger partial charge on any atom is -0.492 e. The van der Waals surface area contributed by atoms with Crippen LogP contribution in [0.3, 0.4) is 0 Å². The number of nitrogens with zero attached hydrogens (tertiary/aromatic N) is 1. The highest BCUT2D eigenvalue weighted by Crippen LogP contribution is 2.28. The molecule has 1 aromatic carbocycles. The Kier molecular flexibility index (Phi) is 7.71. The van der Waals surface area contributed by atoms with Gasteiger partial charge in [-0.05, 0) is 53.8 Å². The highest BCUT2D eigenvalue weighted by atomic mass is 79.9. The average molecular weight is 357 g/mol. The fraction of sp³-hybridized carbons (Fsp3) is 0.647. The first-order valence-electron chi connectivity index (χ1n) is 7.72. The lowest BCUT2D eigenvalue weighted by Gasteiger charge is -2.30. The Hall–Kier alpha value is -0.580. The topological polar surface area (TPSA) is 24.5 Å². The molecule has 1 rings (SSSR count). The third-order valence-electron chi connectivity index (χ3n) is 3.81. The summed E-state index contributed by atoms with van der Waals surface area (Å²) in [6, 6.07) is 7.57. The van der Waals surface area contributed by atoms with E-state index in [2.05, 4.69) is 79.0 Å². The molecular weight excluding hydrogens is 328 g/mol. The fourth-order valence-corrected chi connectivity index (χ4v) is 2.86. The minimum absolute atomic E-state index is 0.277. The Bertz CT molecular complexity index is 427. The van der Waals surface area contributed by atoms with Gasteiger partial charge in [0, 0.05) is 34.7 Å². The van der Waals surface area contributed by atoms with Gasteiger partial charge in [-0.2, -0.15) is 0 Å². The molecule has 0 aliphatic heterocycles. The SMILES string of the molecule is CNC(C)c1ccc(Br)cc1OCCN(C(C)C)C(C)C. The van der Waals surface area contributed by atoms with Crippen molar-refractivity contribution in [2.75, 3.05) is 20.2 Å². The third kappa shape index (κ3) is 5.61. The second kappa shape index (κ2) is 8.76. The smallest absolute Gasteiger partial charge is 0.125 e. The molecule has 0 radical (unpaired) electrons. The van der Waals surface area contributed by atoms with E-state index < -0.39 is 0 Å². The van der Waals surface area contributed by atoms with E-state index in [9.17, 15) is 0 Å². The Labute approximate surface area is 138 Å². The number of ether oxygens (including phenoxy) is 1. The van der Waals surface area contributed by atoms with E-state index in [4.69, 9.17) is 4.74 Å². The molecule has 1 unspecified atom stereocenters. The molecule has 0 heterocycles. The molecule has 0 aromatic heterocycles. The zero-order valence-electron chi connectivity index (χ0n) is 14.1. The molecule has 0 bridgehead atoms. The van der Waals surface area contributed by atoms with Crippen molar-refractivity contribution in [2.24, 2.45) is 0 Å². The van der Waals surface area contributed by atoms with Crippen LogP contribution in [0.25, 0.3) is 0 Å². The summed E-state index contributed by atoms with van der Waals surface area (Å²) in [5.74, 6) is 0.957. The van der Waals surface area contributed by atoms with Crippen molar-refractivity contribution in [3.63, 3.8) is 0 Å². The molecule has 1 atom stereocenters. The van der Waals surface area contributed by atoms with Crippen molar-refractivity contribution in [3.8, 4) is 5.75 Å². The molecule has 1 N–H and O–H groups in total. The lowest BCUT2D eigenvalue weighted by atomic mass is 10.1. The van der Waals surface area contributed by atoms with Crippen molar-refractivity contribution in [3.05, 3.63) is 28.2 Å². The maximum atomic E-state index is 6.06. The predicted molar refractivity (Wildman–Crippen MR) is 94.1 cm³/mol. The van der Waals surface area contributed by atoms with Crippen molar-refractivity contribution >= 4 is 15.9 Å². The van der Waals surface area contributed by atoms with Gasteiger partial charge in [0.15, 0.2) is 0 Å². The summed E-state index contributed by atoms with van der Waals surface area (Å²) in [5.41, 5.74) is 1.20. The molecule has 0 spiro atoms. The molecule has 4 heteroatoms. The zero-order valence-corrected chi connectivity index (χ0v) is 15.7. The van der Waals surface area contributed by atoms with Gasteiger partial charge in [0.05, 0.1) is 0 Å². The highest BCUT2D eigenvalue weighted by molar-refractivity contribution is 9.10. The Morgan fingerprint density at radius 1 is 1.14 bits per heavy atom. The van der Waals surface area contributed by atoms with Gasteiger partial charge in [0.25, 0.3) is 0 Å². The average Bonchev–Trinajstić information content (AvgIpc) is 2.42. The van der Waals surface area contributed by atoms with Gasteiger partial charge in [-0.25, -0.2) is 0 Å². The van der Waals surface area contributed by atoms with Crippen LogP contribution in [-0.2, 0) is 0 Å². The highest BCUT2D eigenvalue weighted by Gasteiger charge is 2.14. The van der Waals surface area contributed by atoms with E-state index in [-0.39, 0.29) is 6.04 Å². The van der Waals surface area contributed by atoms with Crippen LogP contribution in [0.5, 0.6) is 5.75 Å². The fourth-order valence-electron chi connectivity index (χ4n) is 2.52. The molecule has 0 saturated heterocycles. The molecule has 0 saturated carbocycles. The quantitative estimate of drug-likeness (QED) is 0.754. The van der Waals surface area contributed by atoms with Gasteiger partial charge in [-0.1, -0.05) is 22.0 Å². The van der Waals surface area contributed by atoms with Gasteiger partial charge >= 0.3 is 0 Å². The summed E-state index contributed by atoms with van der Waals surface area (Å²) >= 11 is 3.52. The Morgan fingerprint density at radius 3 is 2.29 bits per heavy atom. The summed E-state index contributed by atoms with van der Waals surface area (Å²) < 4.78 is 7.11. The summed E-state index contributed by atoms with van der Waals surface area (Å²) in [6.07, 6.45) is 0. The maximum Gasteiger partial charge on any atom is 0.125 e. The molecule has 3 nitrogen and oxygen atoms in total. The summed E-state index contributed by atoms with van der Waals surface area (Å²) in [5, 5.41) is 3.27. The number of hydrogen-bond donors (Lipinski definition) is 1. The molecule has 120 valence electrons. The predicted octanol–water partition coefficient (Wildman–Crippen LogP) is 4.23. The molecule has 0 aliphatic carbocycles.